The normalized spacial score (nSPS) is 10.6. The van der Waals surface area contributed by atoms with Gasteiger partial charge in [0.15, 0.2) is 0 Å². The molecular weight excluding hydrogens is 270 g/mol. The molecule has 0 amide bonds. The number of hydrogen-bond donors (Lipinski definition) is 2. The van der Waals surface area contributed by atoms with Gasteiger partial charge in [0.05, 0.1) is 22.3 Å². The number of nitrogens with two attached hydrogens (primary N) is 1. The number of fused-ring (bicyclic) bond motifs is 1. The third-order valence-electron chi connectivity index (χ3n) is 3.15. The van der Waals surface area contributed by atoms with E-state index in [1.807, 2.05) is 37.3 Å². The van der Waals surface area contributed by atoms with Gasteiger partial charge in [-0.25, -0.2) is 4.68 Å². The predicted octanol–water partition coefficient (Wildman–Crippen LogP) is 2.85. The van der Waals surface area contributed by atoms with Crippen LogP contribution in [0.2, 0.25) is 0 Å². The lowest BCUT2D eigenvalue weighted by atomic mass is 10.2. The summed E-state index contributed by atoms with van der Waals surface area (Å²) in [5.41, 5.74) is 8.51. The molecule has 20 heavy (non-hydrogen) atoms. The molecule has 2 heterocycles. The van der Waals surface area contributed by atoms with Gasteiger partial charge in [-0.2, -0.15) is 10.4 Å². The first kappa shape index (κ1) is 12.4. The van der Waals surface area contributed by atoms with Crippen LogP contribution in [0.1, 0.15) is 11.3 Å². The van der Waals surface area contributed by atoms with Crippen LogP contribution in [-0.4, -0.2) is 14.8 Å². The number of para-hydroxylation sites is 1. The Balaban J connectivity index is 2.53. The number of aromatic amines is 1. The van der Waals surface area contributed by atoms with Crippen LogP contribution in [0.4, 0.5) is 5.82 Å². The number of H-pyrrole nitrogens is 1. The van der Waals surface area contributed by atoms with Crippen molar-refractivity contribution in [3.05, 3.63) is 46.2 Å². The molecule has 3 N–H and O–H groups in total. The van der Waals surface area contributed by atoms with Crippen molar-refractivity contribution in [3.8, 4) is 11.8 Å². The number of rotatable bonds is 1. The standard InChI is InChI=1S/C14H11N5S/c1-8-11-12(10(7-15)13(16)17-14(11)20)19(18-8)9-5-3-2-4-6-9/h2-6H,1H3,(H3,16,17,20). The molecule has 0 spiro atoms. The fraction of sp³-hybridized carbons (Fsp3) is 0.0714. The van der Waals surface area contributed by atoms with Crippen LogP contribution in [0.15, 0.2) is 30.3 Å². The average molecular weight is 281 g/mol. The Morgan fingerprint density at radius 3 is 2.70 bits per heavy atom. The summed E-state index contributed by atoms with van der Waals surface area (Å²) >= 11 is 5.30. The quantitative estimate of drug-likeness (QED) is 0.672. The zero-order chi connectivity index (χ0) is 14.3. The molecule has 6 heteroatoms. The fourth-order valence-electron chi connectivity index (χ4n) is 2.27. The van der Waals surface area contributed by atoms with E-state index < -0.39 is 0 Å². The van der Waals surface area contributed by atoms with Crippen molar-refractivity contribution >= 4 is 28.9 Å². The minimum Gasteiger partial charge on any atom is -0.384 e. The molecule has 0 aliphatic rings. The molecule has 5 nitrogen and oxygen atoms in total. The fourth-order valence-corrected chi connectivity index (χ4v) is 2.63. The zero-order valence-corrected chi connectivity index (χ0v) is 11.5. The molecule has 0 aliphatic carbocycles. The highest BCUT2D eigenvalue weighted by molar-refractivity contribution is 7.71. The van der Waals surface area contributed by atoms with Crippen LogP contribution in [-0.2, 0) is 0 Å². The number of hydrogen-bond acceptors (Lipinski definition) is 4. The van der Waals surface area contributed by atoms with Crippen molar-refractivity contribution in [1.82, 2.24) is 14.8 Å². The molecular formula is C14H11N5S. The molecule has 2 aromatic heterocycles. The third kappa shape index (κ3) is 1.68. The van der Waals surface area contributed by atoms with Gasteiger partial charge in [-0.3, -0.25) is 0 Å². The molecule has 98 valence electrons. The van der Waals surface area contributed by atoms with E-state index in [1.165, 1.54) is 0 Å². The molecule has 0 saturated heterocycles. The Bertz CT molecular complexity index is 899. The van der Waals surface area contributed by atoms with Crippen molar-refractivity contribution in [2.24, 2.45) is 0 Å². The maximum absolute atomic E-state index is 9.36. The summed E-state index contributed by atoms with van der Waals surface area (Å²) in [6.45, 7) is 1.86. The third-order valence-corrected chi connectivity index (χ3v) is 3.46. The van der Waals surface area contributed by atoms with Crippen LogP contribution < -0.4 is 5.73 Å². The predicted molar refractivity (Wildman–Crippen MR) is 80.1 cm³/mol. The van der Waals surface area contributed by atoms with Crippen molar-refractivity contribution < 1.29 is 0 Å². The van der Waals surface area contributed by atoms with E-state index in [1.54, 1.807) is 4.68 Å². The minimum atomic E-state index is 0.266. The molecule has 0 unspecified atom stereocenters. The Morgan fingerprint density at radius 1 is 1.35 bits per heavy atom. The zero-order valence-electron chi connectivity index (χ0n) is 10.7. The van der Waals surface area contributed by atoms with Crippen LogP contribution in [0.5, 0.6) is 0 Å². The first-order valence-corrected chi connectivity index (χ1v) is 6.41. The highest BCUT2D eigenvalue weighted by Crippen LogP contribution is 2.27. The van der Waals surface area contributed by atoms with Gasteiger partial charge in [0.25, 0.3) is 0 Å². The van der Waals surface area contributed by atoms with Gasteiger partial charge in [0.2, 0.25) is 0 Å². The SMILES string of the molecule is Cc1nn(-c2ccccc2)c2c(C#N)c(N)[nH]c(=S)c12. The van der Waals surface area contributed by atoms with E-state index in [9.17, 15) is 5.26 Å². The van der Waals surface area contributed by atoms with Crippen molar-refractivity contribution in [1.29, 1.82) is 5.26 Å². The Kier molecular flexibility index (Phi) is 2.77. The minimum absolute atomic E-state index is 0.266. The number of benzene rings is 1. The number of aryl methyl sites for hydroxylation is 1. The Hall–Kier alpha value is -2.65. The summed E-state index contributed by atoms with van der Waals surface area (Å²) in [5.74, 6) is 0.266. The van der Waals surface area contributed by atoms with Gasteiger partial charge in [-0.15, -0.1) is 0 Å². The molecule has 1 aromatic carbocycles. The van der Waals surface area contributed by atoms with E-state index in [2.05, 4.69) is 16.2 Å². The second kappa shape index (κ2) is 4.47. The summed E-state index contributed by atoms with van der Waals surface area (Å²) in [6, 6.07) is 11.7. The van der Waals surface area contributed by atoms with E-state index in [4.69, 9.17) is 18.0 Å². The lowest BCUT2D eigenvalue weighted by molar-refractivity contribution is 0.888. The summed E-state index contributed by atoms with van der Waals surface area (Å²) in [6.07, 6.45) is 0. The van der Waals surface area contributed by atoms with E-state index in [0.29, 0.717) is 15.7 Å². The van der Waals surface area contributed by atoms with E-state index in [0.717, 1.165) is 16.8 Å². The molecule has 0 bridgehead atoms. The van der Waals surface area contributed by atoms with Gasteiger partial charge in [0, 0.05) is 0 Å². The maximum atomic E-state index is 9.36. The first-order chi connectivity index (χ1) is 9.63. The highest BCUT2D eigenvalue weighted by atomic mass is 32.1. The van der Waals surface area contributed by atoms with Crippen LogP contribution in [0.3, 0.4) is 0 Å². The largest absolute Gasteiger partial charge is 0.384 e. The molecule has 0 aliphatic heterocycles. The van der Waals surface area contributed by atoms with Crippen LogP contribution >= 0.6 is 12.2 Å². The van der Waals surface area contributed by atoms with E-state index in [-0.39, 0.29) is 5.82 Å². The van der Waals surface area contributed by atoms with Crippen molar-refractivity contribution in [2.75, 3.05) is 5.73 Å². The van der Waals surface area contributed by atoms with Gasteiger partial charge in [0.1, 0.15) is 22.1 Å². The summed E-state index contributed by atoms with van der Waals surface area (Å²) in [5, 5.41) is 14.6. The summed E-state index contributed by atoms with van der Waals surface area (Å²) in [4.78, 5) is 2.86. The average Bonchev–Trinajstić information content (AvgIpc) is 2.78. The number of anilines is 1. The van der Waals surface area contributed by atoms with Gasteiger partial charge >= 0.3 is 0 Å². The molecule has 0 saturated carbocycles. The summed E-state index contributed by atoms with van der Waals surface area (Å²) in [7, 11) is 0. The number of nitrogen functional groups attached to an aromatic ring is 1. The van der Waals surface area contributed by atoms with Crippen molar-refractivity contribution in [2.45, 2.75) is 6.92 Å². The Morgan fingerprint density at radius 2 is 2.05 bits per heavy atom. The summed E-state index contributed by atoms with van der Waals surface area (Å²) < 4.78 is 2.21. The molecule has 3 rings (SSSR count). The topological polar surface area (TPSA) is 83.4 Å². The van der Waals surface area contributed by atoms with E-state index >= 15 is 0 Å². The number of aromatic nitrogens is 3. The van der Waals surface area contributed by atoms with Crippen LogP contribution in [0.25, 0.3) is 16.6 Å². The Labute approximate surface area is 120 Å². The second-order valence-corrected chi connectivity index (χ2v) is 4.82. The molecule has 0 fully saturated rings. The van der Waals surface area contributed by atoms with Crippen LogP contribution in [0, 0.1) is 22.9 Å². The molecule has 0 radical (unpaired) electrons. The number of nitrogens with one attached hydrogen (secondary N) is 1. The number of pyridine rings is 1. The second-order valence-electron chi connectivity index (χ2n) is 4.41. The highest BCUT2D eigenvalue weighted by Gasteiger charge is 2.17. The van der Waals surface area contributed by atoms with Crippen molar-refractivity contribution in [3.63, 3.8) is 0 Å². The monoisotopic (exact) mass is 281 g/mol. The number of nitrogens with zero attached hydrogens (tertiary/aromatic N) is 3. The lowest BCUT2D eigenvalue weighted by Crippen LogP contribution is -2.01. The molecule has 0 atom stereocenters. The smallest absolute Gasteiger partial charge is 0.122 e. The first-order valence-electron chi connectivity index (χ1n) is 6.00. The molecule has 3 aromatic rings. The van der Waals surface area contributed by atoms with Gasteiger partial charge in [-0.1, -0.05) is 30.4 Å². The number of nitriles is 1. The van der Waals surface area contributed by atoms with Gasteiger partial charge in [-0.05, 0) is 19.1 Å². The van der Waals surface area contributed by atoms with Gasteiger partial charge < -0.3 is 10.7 Å². The lowest BCUT2D eigenvalue weighted by Gasteiger charge is -2.06. The maximum Gasteiger partial charge on any atom is 0.122 e.